The van der Waals surface area contributed by atoms with Crippen LogP contribution in [0.3, 0.4) is 0 Å². The summed E-state index contributed by atoms with van der Waals surface area (Å²) in [6.07, 6.45) is 1.44. The molecule has 1 aromatic heterocycles. The van der Waals surface area contributed by atoms with E-state index in [-0.39, 0.29) is 90.1 Å². The molecule has 20 nitrogen and oxygen atoms in total. The first-order valence-electron chi connectivity index (χ1n) is 17.3. The second-order valence-electron chi connectivity index (χ2n) is 12.0. The standard InChI is InChI=1S/C33H49N9O11/c43-28(6-5-27(33(49)50)42-13-11-40(22-30(45)46)9-10-41(12-14-42)23-31(47)48)34-8-16-52-18-20-53-19-17-51-15-7-29(44)35-21-25-1-3-26(4-2-25)32-38-36-24-37-39-32/h1-4,24,27H,5-23H2,(H,34,43)(H,35,44)(H,45,46)(H,47,48)(H,49,50). The monoisotopic (exact) mass is 747 g/mol. The molecule has 1 atom stereocenters. The van der Waals surface area contributed by atoms with Crippen molar-refractivity contribution < 1.29 is 53.5 Å². The van der Waals surface area contributed by atoms with Crippen molar-refractivity contribution >= 4 is 29.7 Å². The smallest absolute Gasteiger partial charge is 0.320 e. The molecule has 1 unspecified atom stereocenters. The van der Waals surface area contributed by atoms with Crippen molar-refractivity contribution in [3.8, 4) is 11.4 Å². The van der Waals surface area contributed by atoms with Gasteiger partial charge in [0.1, 0.15) is 6.04 Å². The second kappa shape index (κ2) is 24.5. The van der Waals surface area contributed by atoms with Gasteiger partial charge in [0.05, 0.1) is 52.7 Å². The highest BCUT2D eigenvalue weighted by atomic mass is 16.5. The molecule has 0 aliphatic carbocycles. The van der Waals surface area contributed by atoms with Crippen LogP contribution in [0.25, 0.3) is 11.4 Å². The maximum atomic E-state index is 12.4. The first kappa shape index (κ1) is 42.7. The third kappa shape index (κ3) is 18.0. The Morgan fingerprint density at radius 3 is 1.77 bits per heavy atom. The lowest BCUT2D eigenvalue weighted by Crippen LogP contribution is -2.47. The maximum absolute atomic E-state index is 12.4. The van der Waals surface area contributed by atoms with Crippen LogP contribution in [0.5, 0.6) is 0 Å². The summed E-state index contributed by atoms with van der Waals surface area (Å²) in [5.74, 6) is -3.23. The Labute approximate surface area is 306 Å². The summed E-state index contributed by atoms with van der Waals surface area (Å²) in [4.78, 5) is 64.2. The molecule has 3 rings (SSSR count). The number of carboxylic acids is 3. The fraction of sp³-hybridized carbons (Fsp3) is 0.606. The van der Waals surface area contributed by atoms with E-state index < -0.39 is 23.9 Å². The van der Waals surface area contributed by atoms with Gasteiger partial charge in [-0.3, -0.25) is 38.7 Å². The van der Waals surface area contributed by atoms with Gasteiger partial charge in [0.15, 0.2) is 6.33 Å². The Morgan fingerprint density at radius 1 is 0.679 bits per heavy atom. The minimum Gasteiger partial charge on any atom is -0.480 e. The molecule has 2 amide bonds. The van der Waals surface area contributed by atoms with Crippen LogP contribution in [0.2, 0.25) is 0 Å². The van der Waals surface area contributed by atoms with E-state index in [0.29, 0.717) is 51.9 Å². The zero-order valence-electron chi connectivity index (χ0n) is 29.6. The van der Waals surface area contributed by atoms with Gasteiger partial charge in [-0.05, 0) is 12.0 Å². The van der Waals surface area contributed by atoms with Gasteiger partial charge < -0.3 is 40.2 Å². The number of ether oxygens (including phenoxy) is 3. The highest BCUT2D eigenvalue weighted by Gasteiger charge is 2.28. The lowest BCUT2D eigenvalue weighted by molar-refractivity contribution is -0.144. The van der Waals surface area contributed by atoms with E-state index in [2.05, 4.69) is 31.0 Å². The highest BCUT2D eigenvalue weighted by molar-refractivity contribution is 5.78. The fourth-order valence-electron chi connectivity index (χ4n) is 5.34. The number of aliphatic carboxylic acids is 3. The molecule has 2 heterocycles. The van der Waals surface area contributed by atoms with E-state index in [0.717, 1.165) is 11.1 Å². The van der Waals surface area contributed by atoms with Crippen LogP contribution in [0.1, 0.15) is 24.8 Å². The molecule has 1 saturated heterocycles. The zero-order valence-corrected chi connectivity index (χ0v) is 29.6. The predicted octanol–water partition coefficient (Wildman–Crippen LogP) is -1.57. The Bertz CT molecular complexity index is 1400. The molecular weight excluding hydrogens is 698 g/mol. The normalized spacial score (nSPS) is 15.1. The summed E-state index contributed by atoms with van der Waals surface area (Å²) in [5, 5.41) is 49.2. The van der Waals surface area contributed by atoms with E-state index in [9.17, 15) is 39.3 Å². The van der Waals surface area contributed by atoms with E-state index in [4.69, 9.17) is 14.2 Å². The average molecular weight is 748 g/mol. The number of carbonyl (C=O) groups excluding carboxylic acids is 2. The van der Waals surface area contributed by atoms with Crippen LogP contribution in [0.4, 0.5) is 0 Å². The van der Waals surface area contributed by atoms with Crippen molar-refractivity contribution in [3.05, 3.63) is 36.2 Å². The van der Waals surface area contributed by atoms with Crippen molar-refractivity contribution in [3.63, 3.8) is 0 Å². The number of aromatic nitrogens is 4. The number of carbonyl (C=O) groups is 5. The molecule has 53 heavy (non-hydrogen) atoms. The van der Waals surface area contributed by atoms with Crippen LogP contribution < -0.4 is 10.6 Å². The van der Waals surface area contributed by atoms with Crippen molar-refractivity contribution in [2.24, 2.45) is 0 Å². The number of rotatable bonds is 24. The molecule has 0 bridgehead atoms. The maximum Gasteiger partial charge on any atom is 0.320 e. The number of nitrogens with one attached hydrogen (secondary N) is 2. The Morgan fingerprint density at radius 2 is 1.21 bits per heavy atom. The molecule has 2 aromatic rings. The number of hydrogen-bond acceptors (Lipinski definition) is 15. The number of nitrogens with zero attached hydrogens (tertiary/aromatic N) is 7. The van der Waals surface area contributed by atoms with Gasteiger partial charge in [-0.25, -0.2) is 0 Å². The lowest BCUT2D eigenvalue weighted by Gasteiger charge is -2.30. The van der Waals surface area contributed by atoms with Gasteiger partial charge in [-0.2, -0.15) is 0 Å². The number of carboxylic acid groups (broad SMARTS) is 3. The summed E-state index contributed by atoms with van der Waals surface area (Å²) < 4.78 is 16.4. The van der Waals surface area contributed by atoms with E-state index in [1.165, 1.54) is 6.33 Å². The molecule has 1 fully saturated rings. The molecule has 0 spiro atoms. The van der Waals surface area contributed by atoms with Crippen LogP contribution in [0, 0.1) is 0 Å². The van der Waals surface area contributed by atoms with E-state index in [1.54, 1.807) is 14.7 Å². The minimum atomic E-state index is -1.11. The summed E-state index contributed by atoms with van der Waals surface area (Å²) >= 11 is 0. The van der Waals surface area contributed by atoms with Gasteiger partial charge in [0.2, 0.25) is 17.6 Å². The molecule has 1 aromatic carbocycles. The number of amides is 2. The predicted molar refractivity (Wildman–Crippen MR) is 185 cm³/mol. The third-order valence-corrected chi connectivity index (χ3v) is 8.12. The van der Waals surface area contributed by atoms with Crippen LogP contribution in [-0.2, 0) is 44.7 Å². The van der Waals surface area contributed by atoms with Gasteiger partial charge in [-0.1, -0.05) is 24.3 Å². The average Bonchev–Trinajstić information content (AvgIpc) is 3.22. The molecule has 1 aliphatic heterocycles. The third-order valence-electron chi connectivity index (χ3n) is 8.12. The minimum absolute atomic E-state index is 0.0255. The van der Waals surface area contributed by atoms with Crippen LogP contribution in [-0.4, -0.2) is 185 Å². The van der Waals surface area contributed by atoms with Crippen molar-refractivity contribution in [2.75, 3.05) is 98.5 Å². The van der Waals surface area contributed by atoms with Crippen LogP contribution >= 0.6 is 0 Å². The van der Waals surface area contributed by atoms with Crippen LogP contribution in [0.15, 0.2) is 30.6 Å². The van der Waals surface area contributed by atoms with Crippen molar-refractivity contribution in [2.45, 2.75) is 31.8 Å². The molecule has 0 radical (unpaired) electrons. The van der Waals surface area contributed by atoms with Gasteiger partial charge >= 0.3 is 17.9 Å². The Kier molecular flexibility index (Phi) is 19.7. The van der Waals surface area contributed by atoms with E-state index >= 15 is 0 Å². The van der Waals surface area contributed by atoms with Crippen molar-refractivity contribution in [1.82, 2.24) is 45.7 Å². The van der Waals surface area contributed by atoms with Crippen molar-refractivity contribution in [1.29, 1.82) is 0 Å². The summed E-state index contributed by atoms with van der Waals surface area (Å²) in [6, 6.07) is 6.39. The molecule has 1 aliphatic rings. The second-order valence-corrected chi connectivity index (χ2v) is 12.0. The molecule has 20 heteroatoms. The van der Waals surface area contributed by atoms with E-state index in [1.807, 2.05) is 24.3 Å². The SMILES string of the molecule is O=C(O)CN1CCN(CC(=O)O)CCN(C(CCC(=O)NCCOCCOCCOCCC(=O)NCc2ccc(-c3nncnn3)cc2)C(=O)O)CC1. The Hall–Kier alpha value is -4.73. The summed E-state index contributed by atoms with van der Waals surface area (Å²) in [5.41, 5.74) is 1.69. The molecule has 0 saturated carbocycles. The first-order chi connectivity index (χ1) is 25.6. The Balaban J connectivity index is 1.20. The molecular formula is C33H49N9O11. The number of hydrogen-bond donors (Lipinski definition) is 5. The highest BCUT2D eigenvalue weighted by Crippen LogP contribution is 2.14. The number of benzene rings is 1. The van der Waals surface area contributed by atoms with Gasteiger partial charge in [0.25, 0.3) is 0 Å². The van der Waals surface area contributed by atoms with Gasteiger partial charge in [-0.15, -0.1) is 20.4 Å². The summed E-state index contributed by atoms with van der Waals surface area (Å²) in [7, 11) is 0. The topological polar surface area (TPSA) is 259 Å². The lowest BCUT2D eigenvalue weighted by atomic mass is 10.1. The largest absolute Gasteiger partial charge is 0.480 e. The molecule has 5 N–H and O–H groups in total. The molecule has 292 valence electrons. The summed E-state index contributed by atoms with van der Waals surface area (Å²) in [6.45, 7) is 3.57. The first-order valence-corrected chi connectivity index (χ1v) is 17.3. The quantitative estimate of drug-likeness (QED) is 0.0760. The van der Waals surface area contributed by atoms with Gasteiger partial charge in [0, 0.05) is 70.8 Å². The zero-order chi connectivity index (χ0) is 38.3. The fourth-order valence-corrected chi connectivity index (χ4v) is 5.34.